The van der Waals surface area contributed by atoms with Crippen molar-refractivity contribution in [3.8, 4) is 11.8 Å². The van der Waals surface area contributed by atoms with Crippen LogP contribution in [0.4, 0.5) is 13.2 Å². The molecule has 0 amide bonds. The first kappa shape index (κ1) is 17.4. The number of pyridine rings is 1. The molecule has 0 aliphatic heterocycles. The molecule has 0 radical (unpaired) electrons. The van der Waals surface area contributed by atoms with Crippen LogP contribution in [0.2, 0.25) is 0 Å². The second-order valence-electron chi connectivity index (χ2n) is 4.21. The van der Waals surface area contributed by atoms with E-state index < -0.39 is 35.3 Å². The minimum Gasteiger partial charge on any atom is -0.384 e. The van der Waals surface area contributed by atoms with Crippen LogP contribution in [0, 0.1) is 11.8 Å². The SMILES string of the molecule is CC(CC(F)(F)F)NS(=O)(=O)c1cncc(C#CCO)c1. The first-order valence-electron chi connectivity index (χ1n) is 5.78. The van der Waals surface area contributed by atoms with Crippen LogP contribution in [-0.2, 0) is 10.0 Å². The lowest BCUT2D eigenvalue weighted by Crippen LogP contribution is -2.36. The minimum atomic E-state index is -4.46. The van der Waals surface area contributed by atoms with Gasteiger partial charge in [-0.25, -0.2) is 13.1 Å². The molecule has 0 aliphatic carbocycles. The van der Waals surface area contributed by atoms with Gasteiger partial charge < -0.3 is 5.11 Å². The highest BCUT2D eigenvalue weighted by Crippen LogP contribution is 2.22. The number of aliphatic hydroxyl groups is 1. The second-order valence-corrected chi connectivity index (χ2v) is 5.92. The van der Waals surface area contributed by atoms with Crippen LogP contribution in [0.15, 0.2) is 23.4 Å². The Kier molecular flexibility index (Phi) is 5.71. The van der Waals surface area contributed by atoms with Crippen molar-refractivity contribution in [2.45, 2.75) is 30.5 Å². The molecule has 2 N–H and O–H groups in total. The summed E-state index contributed by atoms with van der Waals surface area (Å²) in [4.78, 5) is 3.37. The van der Waals surface area contributed by atoms with Gasteiger partial charge in [0.2, 0.25) is 10.0 Å². The van der Waals surface area contributed by atoms with Crippen LogP contribution in [0.1, 0.15) is 18.9 Å². The number of sulfonamides is 1. The van der Waals surface area contributed by atoms with E-state index in [1.54, 1.807) is 0 Å². The van der Waals surface area contributed by atoms with Gasteiger partial charge in [-0.3, -0.25) is 4.98 Å². The fraction of sp³-hybridized carbons (Fsp3) is 0.417. The minimum absolute atomic E-state index is 0.232. The van der Waals surface area contributed by atoms with Crippen LogP contribution in [-0.4, -0.2) is 37.3 Å². The molecule has 0 fully saturated rings. The number of aromatic nitrogens is 1. The smallest absolute Gasteiger partial charge is 0.384 e. The van der Waals surface area contributed by atoms with Gasteiger partial charge in [-0.2, -0.15) is 13.2 Å². The summed E-state index contributed by atoms with van der Waals surface area (Å²) < 4.78 is 62.4. The average Bonchev–Trinajstić information content (AvgIpc) is 2.33. The molecule has 5 nitrogen and oxygen atoms in total. The number of rotatable bonds is 4. The standard InChI is InChI=1S/C12H13F3N2O3S/c1-9(6-12(13,14)15)17-21(19,20)11-5-10(3-2-4-18)7-16-8-11/h5,7-9,17-18H,4,6H2,1H3. The van der Waals surface area contributed by atoms with E-state index in [0.717, 1.165) is 19.2 Å². The predicted octanol–water partition coefficient (Wildman–Crippen LogP) is 1.04. The summed E-state index contributed by atoms with van der Waals surface area (Å²) >= 11 is 0. The van der Waals surface area contributed by atoms with E-state index >= 15 is 0 Å². The number of nitrogens with zero attached hydrogens (tertiary/aromatic N) is 1. The number of aliphatic hydroxyl groups excluding tert-OH is 1. The first-order valence-corrected chi connectivity index (χ1v) is 7.26. The Morgan fingerprint density at radius 1 is 1.43 bits per heavy atom. The van der Waals surface area contributed by atoms with Crippen molar-refractivity contribution in [1.29, 1.82) is 0 Å². The van der Waals surface area contributed by atoms with Crippen LogP contribution >= 0.6 is 0 Å². The van der Waals surface area contributed by atoms with E-state index in [9.17, 15) is 21.6 Å². The molecule has 0 bridgehead atoms. The lowest BCUT2D eigenvalue weighted by Gasteiger charge is -2.15. The maximum atomic E-state index is 12.2. The molecule has 1 unspecified atom stereocenters. The summed E-state index contributed by atoms with van der Waals surface area (Å²) in [5.41, 5.74) is 0.232. The maximum absolute atomic E-state index is 12.2. The third kappa shape index (κ3) is 6.12. The summed E-state index contributed by atoms with van der Waals surface area (Å²) in [5.74, 6) is 4.78. The lowest BCUT2D eigenvalue weighted by atomic mass is 10.2. The number of nitrogens with one attached hydrogen (secondary N) is 1. The summed E-state index contributed by atoms with van der Waals surface area (Å²) in [6.07, 6.45) is -3.45. The van der Waals surface area contributed by atoms with Crippen LogP contribution in [0.3, 0.4) is 0 Å². The molecule has 0 aromatic carbocycles. The third-order valence-electron chi connectivity index (χ3n) is 2.23. The Balaban J connectivity index is 2.93. The molecule has 0 saturated heterocycles. The molecule has 0 saturated carbocycles. The predicted molar refractivity (Wildman–Crippen MR) is 68.7 cm³/mol. The normalized spacial score (nSPS) is 13.4. The van der Waals surface area contributed by atoms with Crippen LogP contribution in [0.25, 0.3) is 0 Å². The second kappa shape index (κ2) is 6.89. The van der Waals surface area contributed by atoms with Crippen molar-refractivity contribution in [2.75, 3.05) is 6.61 Å². The summed E-state index contributed by atoms with van der Waals surface area (Å²) in [7, 11) is -4.12. The number of hydrogen-bond acceptors (Lipinski definition) is 4. The third-order valence-corrected chi connectivity index (χ3v) is 3.79. The molecule has 1 aromatic heterocycles. The molecular weight excluding hydrogens is 309 g/mol. The van der Waals surface area contributed by atoms with Crippen LogP contribution < -0.4 is 4.72 Å². The van der Waals surface area contributed by atoms with Gasteiger partial charge in [0.1, 0.15) is 11.5 Å². The molecule has 0 spiro atoms. The highest BCUT2D eigenvalue weighted by molar-refractivity contribution is 7.89. The van der Waals surface area contributed by atoms with Gasteiger partial charge >= 0.3 is 6.18 Å². The van der Waals surface area contributed by atoms with Gasteiger partial charge in [-0.05, 0) is 13.0 Å². The van der Waals surface area contributed by atoms with E-state index in [1.807, 2.05) is 4.72 Å². The molecule has 1 rings (SSSR count). The Labute approximate surface area is 120 Å². The molecule has 1 aromatic rings. The monoisotopic (exact) mass is 322 g/mol. The van der Waals surface area contributed by atoms with E-state index in [4.69, 9.17) is 5.11 Å². The molecular formula is C12H13F3N2O3S. The fourth-order valence-electron chi connectivity index (χ4n) is 1.50. The van der Waals surface area contributed by atoms with Gasteiger partial charge in [0.15, 0.2) is 0 Å². The maximum Gasteiger partial charge on any atom is 0.390 e. The zero-order valence-electron chi connectivity index (χ0n) is 11.0. The van der Waals surface area contributed by atoms with Crippen molar-refractivity contribution in [2.24, 2.45) is 0 Å². The lowest BCUT2D eigenvalue weighted by molar-refractivity contribution is -0.137. The number of alkyl halides is 3. The van der Waals surface area contributed by atoms with E-state index in [2.05, 4.69) is 16.8 Å². The van der Waals surface area contributed by atoms with E-state index in [0.29, 0.717) is 0 Å². The van der Waals surface area contributed by atoms with Gasteiger partial charge in [0.05, 0.1) is 6.42 Å². The van der Waals surface area contributed by atoms with Gasteiger partial charge in [0.25, 0.3) is 0 Å². The number of hydrogen-bond donors (Lipinski definition) is 2. The van der Waals surface area contributed by atoms with Gasteiger partial charge in [-0.1, -0.05) is 11.8 Å². The van der Waals surface area contributed by atoms with Gasteiger partial charge in [0, 0.05) is 24.0 Å². The Morgan fingerprint density at radius 3 is 2.67 bits per heavy atom. The molecule has 0 aliphatic rings. The molecule has 9 heteroatoms. The van der Waals surface area contributed by atoms with Crippen molar-refractivity contribution >= 4 is 10.0 Å². The topological polar surface area (TPSA) is 79.3 Å². The number of halogens is 3. The Hall–Kier alpha value is -1.63. The quantitative estimate of drug-likeness (QED) is 0.812. The Morgan fingerprint density at radius 2 is 2.10 bits per heavy atom. The van der Waals surface area contributed by atoms with Crippen molar-refractivity contribution < 1.29 is 26.7 Å². The zero-order chi connectivity index (χ0) is 16.1. The van der Waals surface area contributed by atoms with E-state index in [1.165, 1.54) is 6.20 Å². The Bertz CT molecular complexity index is 648. The van der Waals surface area contributed by atoms with Gasteiger partial charge in [-0.15, -0.1) is 0 Å². The largest absolute Gasteiger partial charge is 0.390 e. The van der Waals surface area contributed by atoms with Crippen molar-refractivity contribution in [3.05, 3.63) is 24.0 Å². The summed E-state index contributed by atoms with van der Waals surface area (Å²) in [5, 5.41) is 8.55. The molecule has 21 heavy (non-hydrogen) atoms. The van der Waals surface area contributed by atoms with Crippen molar-refractivity contribution in [3.63, 3.8) is 0 Å². The average molecular weight is 322 g/mol. The molecule has 116 valence electrons. The molecule has 1 heterocycles. The molecule has 1 atom stereocenters. The first-order chi connectivity index (χ1) is 9.64. The summed E-state index contributed by atoms with van der Waals surface area (Å²) in [6, 6.07) is -0.139. The van der Waals surface area contributed by atoms with E-state index in [-0.39, 0.29) is 10.5 Å². The van der Waals surface area contributed by atoms with Crippen LogP contribution in [0.5, 0.6) is 0 Å². The summed E-state index contributed by atoms with van der Waals surface area (Å²) in [6.45, 7) is 0.714. The zero-order valence-corrected chi connectivity index (χ0v) is 11.8. The highest BCUT2D eigenvalue weighted by atomic mass is 32.2. The fourth-order valence-corrected chi connectivity index (χ4v) is 2.73. The van der Waals surface area contributed by atoms with Crippen molar-refractivity contribution in [1.82, 2.24) is 9.71 Å². The highest BCUT2D eigenvalue weighted by Gasteiger charge is 2.32.